The molecule has 0 saturated carbocycles. The first kappa shape index (κ1) is 34.7. The molecule has 0 radical (unpaired) electrons. The zero-order valence-electron chi connectivity index (χ0n) is 27.9. The molecule has 0 aliphatic rings. The van der Waals surface area contributed by atoms with E-state index >= 15 is 0 Å². The molecule has 1 nitrogen and oxygen atoms in total. The highest BCUT2D eigenvalue weighted by Gasteiger charge is 2.33. The van der Waals surface area contributed by atoms with Crippen molar-refractivity contribution >= 4 is 0 Å². The summed E-state index contributed by atoms with van der Waals surface area (Å²) in [6.45, 7) is 0.854. The second kappa shape index (κ2) is 21.6. The van der Waals surface area contributed by atoms with E-state index in [1.54, 1.807) is 0 Å². The van der Waals surface area contributed by atoms with E-state index in [4.69, 9.17) is 5.73 Å². The third kappa shape index (κ3) is 12.3. The van der Waals surface area contributed by atoms with Crippen LogP contribution >= 0.6 is 0 Å². The number of unbranched alkanes of at least 4 members (excludes halogenated alkanes) is 14. The lowest BCUT2D eigenvalue weighted by Gasteiger charge is -2.36. The van der Waals surface area contributed by atoms with Gasteiger partial charge < -0.3 is 5.73 Å². The minimum Gasteiger partial charge on any atom is -0.330 e. The van der Waals surface area contributed by atoms with E-state index in [1.165, 1.54) is 125 Å². The zero-order valence-corrected chi connectivity index (χ0v) is 27.9. The zero-order chi connectivity index (χ0) is 31.2. The van der Waals surface area contributed by atoms with Crippen LogP contribution in [0.4, 0.5) is 0 Å². The molecule has 0 unspecified atom stereocenters. The minimum atomic E-state index is 0.337. The molecular formula is C44H59N. The van der Waals surface area contributed by atoms with E-state index in [2.05, 4.69) is 121 Å². The summed E-state index contributed by atoms with van der Waals surface area (Å²) in [5.41, 5.74) is 11.3. The van der Waals surface area contributed by atoms with Gasteiger partial charge in [-0.2, -0.15) is 0 Å². The molecule has 4 aromatic carbocycles. The summed E-state index contributed by atoms with van der Waals surface area (Å²) < 4.78 is 0. The van der Waals surface area contributed by atoms with Crippen LogP contribution in [0.25, 0.3) is 0 Å². The Bertz CT molecular complexity index is 1080. The van der Waals surface area contributed by atoms with E-state index < -0.39 is 0 Å². The molecule has 0 bridgehead atoms. The summed E-state index contributed by atoms with van der Waals surface area (Å²) in [6, 6.07) is 45.1. The maximum Gasteiger partial charge on any atom is 0.0127 e. The first-order valence-electron chi connectivity index (χ1n) is 18.3. The van der Waals surface area contributed by atoms with E-state index in [0.717, 1.165) is 6.54 Å². The van der Waals surface area contributed by atoms with Gasteiger partial charge in [0, 0.05) is 11.8 Å². The van der Waals surface area contributed by atoms with Crippen LogP contribution in [0.5, 0.6) is 0 Å². The highest BCUT2D eigenvalue weighted by atomic mass is 14.5. The molecule has 240 valence electrons. The molecule has 0 aliphatic heterocycles. The van der Waals surface area contributed by atoms with Gasteiger partial charge in [-0.05, 0) is 47.6 Å². The van der Waals surface area contributed by atoms with Crippen molar-refractivity contribution in [1.82, 2.24) is 0 Å². The summed E-state index contributed by atoms with van der Waals surface area (Å²) in [4.78, 5) is 0. The average molecular weight is 602 g/mol. The lowest BCUT2D eigenvalue weighted by Crippen LogP contribution is -2.23. The molecule has 0 spiro atoms. The summed E-state index contributed by atoms with van der Waals surface area (Å²) in [5.74, 6) is 1.13. The van der Waals surface area contributed by atoms with Crippen molar-refractivity contribution in [3.05, 3.63) is 144 Å². The molecule has 0 amide bonds. The Morgan fingerprint density at radius 1 is 0.311 bits per heavy atom. The molecule has 1 heteroatoms. The smallest absolute Gasteiger partial charge is 0.0127 e. The summed E-state index contributed by atoms with van der Waals surface area (Å²) in [6.07, 6.45) is 21.8. The Kier molecular flexibility index (Phi) is 16.6. The van der Waals surface area contributed by atoms with Crippen molar-refractivity contribution in [2.75, 3.05) is 6.54 Å². The third-order valence-electron chi connectivity index (χ3n) is 9.73. The highest BCUT2D eigenvalue weighted by Crippen LogP contribution is 2.46. The lowest BCUT2D eigenvalue weighted by molar-refractivity contribution is 0.369. The Hall–Kier alpha value is -3.16. The van der Waals surface area contributed by atoms with Crippen molar-refractivity contribution < 1.29 is 0 Å². The van der Waals surface area contributed by atoms with Crippen molar-refractivity contribution in [3.8, 4) is 0 Å². The van der Waals surface area contributed by atoms with Crippen LogP contribution in [0.15, 0.2) is 121 Å². The van der Waals surface area contributed by atoms with Gasteiger partial charge >= 0.3 is 0 Å². The Morgan fingerprint density at radius 3 is 0.822 bits per heavy atom. The summed E-state index contributed by atoms with van der Waals surface area (Å²) in [7, 11) is 0. The maximum absolute atomic E-state index is 5.60. The SMILES string of the molecule is NCCCCCCCCCCCCCCCCCC(C(c1ccccc1)c1ccccc1)C(c1ccccc1)c1ccccc1. The normalized spacial score (nSPS) is 11.6. The van der Waals surface area contributed by atoms with Crippen LogP contribution in [0.1, 0.15) is 137 Å². The van der Waals surface area contributed by atoms with Gasteiger partial charge in [-0.1, -0.05) is 211 Å². The van der Waals surface area contributed by atoms with E-state index in [1.807, 2.05) is 0 Å². The first-order valence-corrected chi connectivity index (χ1v) is 18.3. The van der Waals surface area contributed by atoms with Gasteiger partial charge in [0.1, 0.15) is 0 Å². The number of hydrogen-bond donors (Lipinski definition) is 1. The van der Waals surface area contributed by atoms with Crippen LogP contribution in [0, 0.1) is 5.92 Å². The largest absolute Gasteiger partial charge is 0.330 e. The molecular weight excluding hydrogens is 542 g/mol. The molecule has 0 aliphatic carbocycles. The van der Waals surface area contributed by atoms with Crippen LogP contribution in [0.3, 0.4) is 0 Å². The highest BCUT2D eigenvalue weighted by molar-refractivity contribution is 5.39. The van der Waals surface area contributed by atoms with E-state index in [-0.39, 0.29) is 0 Å². The van der Waals surface area contributed by atoms with Crippen molar-refractivity contribution in [1.29, 1.82) is 0 Å². The molecule has 4 aromatic rings. The number of hydrogen-bond acceptors (Lipinski definition) is 1. The van der Waals surface area contributed by atoms with Gasteiger partial charge in [0.25, 0.3) is 0 Å². The fraction of sp³-hybridized carbons (Fsp3) is 0.455. The van der Waals surface area contributed by atoms with Crippen LogP contribution in [0.2, 0.25) is 0 Å². The number of rotatable bonds is 23. The van der Waals surface area contributed by atoms with Gasteiger partial charge in [0.15, 0.2) is 0 Å². The maximum atomic E-state index is 5.60. The molecule has 45 heavy (non-hydrogen) atoms. The van der Waals surface area contributed by atoms with E-state index in [9.17, 15) is 0 Å². The van der Waals surface area contributed by atoms with Gasteiger partial charge in [0.2, 0.25) is 0 Å². The monoisotopic (exact) mass is 601 g/mol. The predicted octanol–water partition coefficient (Wildman–Crippen LogP) is 12.5. The summed E-state index contributed by atoms with van der Waals surface area (Å²) in [5, 5.41) is 0. The fourth-order valence-electron chi connectivity index (χ4n) is 7.36. The quantitative estimate of drug-likeness (QED) is 0.0841. The Labute approximate surface area is 275 Å². The Balaban J connectivity index is 1.35. The van der Waals surface area contributed by atoms with E-state index in [0.29, 0.717) is 17.8 Å². The van der Waals surface area contributed by atoms with Gasteiger partial charge in [-0.3, -0.25) is 0 Å². The fourth-order valence-corrected chi connectivity index (χ4v) is 7.36. The number of nitrogens with two attached hydrogens (primary N) is 1. The second-order valence-electron chi connectivity index (χ2n) is 13.1. The van der Waals surface area contributed by atoms with Crippen LogP contribution in [-0.4, -0.2) is 6.54 Å². The van der Waals surface area contributed by atoms with Crippen molar-refractivity contribution in [2.24, 2.45) is 11.7 Å². The van der Waals surface area contributed by atoms with Crippen LogP contribution in [-0.2, 0) is 0 Å². The molecule has 0 aromatic heterocycles. The van der Waals surface area contributed by atoms with Gasteiger partial charge in [-0.25, -0.2) is 0 Å². The summed E-state index contributed by atoms with van der Waals surface area (Å²) >= 11 is 0. The molecule has 0 heterocycles. The minimum absolute atomic E-state index is 0.337. The molecule has 4 rings (SSSR count). The molecule has 0 atom stereocenters. The second-order valence-corrected chi connectivity index (χ2v) is 13.1. The molecule has 0 saturated heterocycles. The molecule has 0 fully saturated rings. The van der Waals surface area contributed by atoms with Crippen LogP contribution < -0.4 is 5.73 Å². The average Bonchev–Trinajstić information content (AvgIpc) is 3.10. The topological polar surface area (TPSA) is 26.0 Å². The van der Waals surface area contributed by atoms with Gasteiger partial charge in [-0.15, -0.1) is 0 Å². The predicted molar refractivity (Wildman–Crippen MR) is 196 cm³/mol. The lowest BCUT2D eigenvalue weighted by atomic mass is 9.68. The molecule has 2 N–H and O–H groups in total. The van der Waals surface area contributed by atoms with Crippen molar-refractivity contribution in [2.45, 2.75) is 115 Å². The van der Waals surface area contributed by atoms with Gasteiger partial charge in [0.05, 0.1) is 0 Å². The standard InChI is InChI=1S/C44H59N/c45-37-27-13-11-9-7-5-3-1-2-4-6-8-10-12-26-36-42(43(38-28-18-14-19-29-38)39-30-20-15-21-31-39)44(40-32-22-16-23-33-40)41-34-24-17-25-35-41/h14-25,28-35,42-44H,1-13,26-27,36-37,45H2. The Morgan fingerprint density at radius 2 is 0.556 bits per heavy atom. The van der Waals surface area contributed by atoms with Crippen molar-refractivity contribution in [3.63, 3.8) is 0 Å². The first-order chi connectivity index (χ1) is 22.4. The third-order valence-corrected chi connectivity index (χ3v) is 9.73. The number of benzene rings is 4.